The first-order valence-corrected chi connectivity index (χ1v) is 12.3. The third kappa shape index (κ3) is 4.51. The molecule has 35 heavy (non-hydrogen) atoms. The number of nitriles is 1. The summed E-state index contributed by atoms with van der Waals surface area (Å²) in [5, 5.41) is 22.6. The molecule has 2 aromatic rings. The third-order valence-corrected chi connectivity index (χ3v) is 7.91. The molecule has 184 valence electrons. The van der Waals surface area contributed by atoms with Crippen molar-refractivity contribution in [1.29, 1.82) is 5.26 Å². The standard InChI is InChI=1S/C27H33N5O3/c1-25(2)9-7-16(8-10-25)22-20(32-24(34)23-29-15-18(14-28)30-23)6-5-19(31-22)17-11-26(3)13-21(33)27(4,12-17)35-26/h5-7,15,17,21,33H,8-13H2,1-4H3,(H,29,30)(H,32,34)/t17?,21?,26-,27?/m1/s1. The van der Waals surface area contributed by atoms with E-state index in [0.717, 1.165) is 42.6 Å². The van der Waals surface area contributed by atoms with E-state index in [2.05, 4.69) is 42.1 Å². The number of ether oxygens (including phenoxy) is 1. The number of carbonyl (C=O) groups is 1. The summed E-state index contributed by atoms with van der Waals surface area (Å²) < 4.78 is 6.26. The third-order valence-electron chi connectivity index (χ3n) is 7.91. The molecule has 1 aliphatic carbocycles. The molecular formula is C27H33N5O3. The molecule has 2 aromatic heterocycles. The Morgan fingerprint density at radius 1 is 1.26 bits per heavy atom. The number of nitrogens with zero attached hydrogens (tertiary/aromatic N) is 3. The molecule has 4 heterocycles. The van der Waals surface area contributed by atoms with Crippen LogP contribution in [0.1, 0.15) is 99.8 Å². The summed E-state index contributed by atoms with van der Waals surface area (Å²) >= 11 is 0. The van der Waals surface area contributed by atoms with Crippen molar-refractivity contribution >= 4 is 17.2 Å². The number of anilines is 1. The van der Waals surface area contributed by atoms with Crippen LogP contribution in [0, 0.1) is 16.7 Å². The number of allylic oxidation sites excluding steroid dienone is 2. The van der Waals surface area contributed by atoms with Gasteiger partial charge in [0.15, 0.2) is 5.82 Å². The Labute approximate surface area is 205 Å². The molecule has 8 heteroatoms. The first-order chi connectivity index (χ1) is 16.5. The molecule has 3 N–H and O–H groups in total. The molecule has 2 saturated heterocycles. The minimum absolute atomic E-state index is 0.0891. The summed E-state index contributed by atoms with van der Waals surface area (Å²) in [4.78, 5) is 24.7. The predicted molar refractivity (Wildman–Crippen MR) is 132 cm³/mol. The molecule has 4 atom stereocenters. The maximum atomic E-state index is 12.9. The number of rotatable bonds is 4. The summed E-state index contributed by atoms with van der Waals surface area (Å²) in [5.41, 5.74) is 3.05. The maximum Gasteiger partial charge on any atom is 0.291 e. The van der Waals surface area contributed by atoms with Crippen LogP contribution in [0.4, 0.5) is 5.69 Å². The highest BCUT2D eigenvalue weighted by Crippen LogP contribution is 2.53. The lowest BCUT2D eigenvalue weighted by Gasteiger charge is -2.41. The average molecular weight is 476 g/mol. The highest BCUT2D eigenvalue weighted by atomic mass is 16.5. The van der Waals surface area contributed by atoms with Crippen molar-refractivity contribution in [1.82, 2.24) is 15.0 Å². The lowest BCUT2D eigenvalue weighted by Crippen LogP contribution is -2.43. The first-order valence-electron chi connectivity index (χ1n) is 12.3. The number of aliphatic hydroxyl groups excluding tert-OH is 1. The van der Waals surface area contributed by atoms with E-state index in [0.29, 0.717) is 18.5 Å². The van der Waals surface area contributed by atoms with Gasteiger partial charge in [-0.05, 0) is 69.1 Å². The molecule has 2 bridgehead atoms. The number of imidazole rings is 1. The zero-order valence-electron chi connectivity index (χ0n) is 20.8. The Hall–Kier alpha value is -3.02. The van der Waals surface area contributed by atoms with Gasteiger partial charge in [-0.1, -0.05) is 19.9 Å². The molecule has 3 aliphatic rings. The number of aromatic amines is 1. The van der Waals surface area contributed by atoms with Crippen molar-refractivity contribution in [2.24, 2.45) is 5.41 Å². The van der Waals surface area contributed by atoms with Gasteiger partial charge in [0.2, 0.25) is 0 Å². The highest BCUT2D eigenvalue weighted by Gasteiger charge is 2.56. The second-order valence-corrected chi connectivity index (χ2v) is 11.6. The minimum Gasteiger partial charge on any atom is -0.390 e. The largest absolute Gasteiger partial charge is 0.390 e. The van der Waals surface area contributed by atoms with Crippen LogP contribution < -0.4 is 5.32 Å². The van der Waals surface area contributed by atoms with E-state index < -0.39 is 17.6 Å². The van der Waals surface area contributed by atoms with Gasteiger partial charge in [-0.2, -0.15) is 5.26 Å². The van der Waals surface area contributed by atoms with Crippen LogP contribution in [0.5, 0.6) is 0 Å². The summed E-state index contributed by atoms with van der Waals surface area (Å²) in [6.45, 7) is 8.60. The van der Waals surface area contributed by atoms with E-state index in [-0.39, 0.29) is 28.5 Å². The number of nitrogens with one attached hydrogen (secondary N) is 2. The summed E-state index contributed by atoms with van der Waals surface area (Å²) in [5.74, 6) is -0.166. The molecule has 2 fully saturated rings. The van der Waals surface area contributed by atoms with Crippen LogP contribution in [0.2, 0.25) is 0 Å². The smallest absolute Gasteiger partial charge is 0.291 e. The van der Waals surface area contributed by atoms with Gasteiger partial charge < -0.3 is 20.1 Å². The van der Waals surface area contributed by atoms with Crippen LogP contribution in [0.25, 0.3) is 5.57 Å². The number of amides is 1. The number of H-pyrrole nitrogens is 1. The first kappa shape index (κ1) is 23.7. The zero-order valence-corrected chi connectivity index (χ0v) is 20.8. The van der Waals surface area contributed by atoms with Gasteiger partial charge in [0, 0.05) is 18.0 Å². The number of hydrogen-bond acceptors (Lipinski definition) is 6. The van der Waals surface area contributed by atoms with Crippen molar-refractivity contribution in [3.05, 3.63) is 47.3 Å². The SMILES string of the molecule is CC1(C)CC=C(c2nc(C3CC4(C)O[C@](C)(C3)CC4O)ccc2NC(=O)c2ncc(C#N)[nH]2)CC1. The van der Waals surface area contributed by atoms with Crippen molar-refractivity contribution in [2.75, 3.05) is 5.32 Å². The van der Waals surface area contributed by atoms with E-state index in [9.17, 15) is 9.90 Å². The van der Waals surface area contributed by atoms with E-state index in [1.54, 1.807) is 0 Å². The van der Waals surface area contributed by atoms with Crippen molar-refractivity contribution in [3.8, 4) is 6.07 Å². The Morgan fingerprint density at radius 3 is 2.71 bits per heavy atom. The number of pyridine rings is 1. The normalized spacial score (nSPS) is 31.5. The summed E-state index contributed by atoms with van der Waals surface area (Å²) in [7, 11) is 0. The van der Waals surface area contributed by atoms with Crippen LogP contribution in [-0.4, -0.2) is 43.3 Å². The van der Waals surface area contributed by atoms with Crippen molar-refractivity contribution in [3.63, 3.8) is 0 Å². The molecule has 0 aromatic carbocycles. The van der Waals surface area contributed by atoms with Crippen LogP contribution in [0.15, 0.2) is 24.4 Å². The second kappa shape index (κ2) is 8.28. The number of carbonyl (C=O) groups excluding carboxylic acids is 1. The molecule has 0 saturated carbocycles. The number of aromatic nitrogens is 3. The predicted octanol–water partition coefficient (Wildman–Crippen LogP) is 4.70. The van der Waals surface area contributed by atoms with Gasteiger partial charge in [-0.3, -0.25) is 9.78 Å². The zero-order chi connectivity index (χ0) is 25.0. The average Bonchev–Trinajstić information content (AvgIpc) is 3.34. The van der Waals surface area contributed by atoms with Crippen LogP contribution in [-0.2, 0) is 4.74 Å². The summed E-state index contributed by atoms with van der Waals surface area (Å²) in [6.07, 6.45) is 8.12. The fourth-order valence-corrected chi connectivity index (χ4v) is 5.91. The molecule has 8 nitrogen and oxygen atoms in total. The van der Waals surface area contributed by atoms with Gasteiger partial charge in [0.1, 0.15) is 11.8 Å². The molecular weight excluding hydrogens is 442 g/mol. The van der Waals surface area contributed by atoms with E-state index in [1.165, 1.54) is 6.20 Å². The van der Waals surface area contributed by atoms with E-state index in [4.69, 9.17) is 15.0 Å². The maximum absolute atomic E-state index is 12.9. The number of aliphatic hydroxyl groups is 1. The lowest BCUT2D eigenvalue weighted by molar-refractivity contribution is -0.146. The molecule has 3 unspecified atom stereocenters. The molecule has 0 spiro atoms. The van der Waals surface area contributed by atoms with Crippen LogP contribution >= 0.6 is 0 Å². The molecule has 0 radical (unpaired) electrons. The Kier molecular flexibility index (Phi) is 5.61. The topological polar surface area (TPSA) is 124 Å². The Balaban J connectivity index is 1.49. The highest BCUT2D eigenvalue weighted by molar-refractivity contribution is 6.03. The Morgan fingerprint density at radius 2 is 2.06 bits per heavy atom. The molecule has 1 amide bonds. The number of fused-ring (bicyclic) bond motifs is 2. The fourth-order valence-electron chi connectivity index (χ4n) is 5.91. The monoisotopic (exact) mass is 475 g/mol. The Bertz CT molecular complexity index is 1240. The molecule has 2 aliphatic heterocycles. The van der Waals surface area contributed by atoms with E-state index >= 15 is 0 Å². The van der Waals surface area contributed by atoms with Crippen molar-refractivity contribution in [2.45, 2.75) is 89.4 Å². The summed E-state index contributed by atoms with van der Waals surface area (Å²) in [6, 6.07) is 5.85. The minimum atomic E-state index is -0.571. The van der Waals surface area contributed by atoms with Crippen molar-refractivity contribution < 1.29 is 14.6 Å². The van der Waals surface area contributed by atoms with Gasteiger partial charge >= 0.3 is 0 Å². The number of hydrogen-bond donors (Lipinski definition) is 3. The second-order valence-electron chi connectivity index (χ2n) is 11.6. The lowest BCUT2D eigenvalue weighted by atomic mass is 9.77. The van der Waals surface area contributed by atoms with Gasteiger partial charge in [0.25, 0.3) is 5.91 Å². The van der Waals surface area contributed by atoms with Gasteiger partial charge in [-0.15, -0.1) is 0 Å². The quantitative estimate of drug-likeness (QED) is 0.589. The van der Waals surface area contributed by atoms with Gasteiger partial charge in [-0.25, -0.2) is 4.98 Å². The van der Waals surface area contributed by atoms with Crippen LogP contribution in [0.3, 0.4) is 0 Å². The van der Waals surface area contributed by atoms with E-state index in [1.807, 2.05) is 25.1 Å². The molecule has 5 rings (SSSR count). The van der Waals surface area contributed by atoms with Gasteiger partial charge in [0.05, 0.1) is 34.9 Å². The fraction of sp³-hybridized carbons (Fsp3) is 0.556.